The van der Waals surface area contributed by atoms with Crippen molar-refractivity contribution in [2.45, 2.75) is 19.4 Å². The summed E-state index contributed by atoms with van der Waals surface area (Å²) in [7, 11) is 0. The molecule has 0 saturated heterocycles. The van der Waals surface area contributed by atoms with Gasteiger partial charge < -0.3 is 15.7 Å². The van der Waals surface area contributed by atoms with Crippen LogP contribution in [0, 0.1) is 0 Å². The van der Waals surface area contributed by atoms with Gasteiger partial charge in [-0.3, -0.25) is 0 Å². The van der Waals surface area contributed by atoms with Crippen LogP contribution in [0.3, 0.4) is 0 Å². The number of benzene rings is 1. The fraction of sp³-hybridized carbons (Fsp3) is 0.250. The predicted octanol–water partition coefficient (Wildman–Crippen LogP) is 2.28. The van der Waals surface area contributed by atoms with E-state index in [0.29, 0.717) is 12.1 Å². The number of thiazole rings is 1. The number of urea groups is 1. The second-order valence-electron chi connectivity index (χ2n) is 3.93. The Labute approximate surface area is 113 Å². The number of carboxylic acids is 1. The number of rotatable bonds is 4. The molecule has 1 aromatic carbocycles. The van der Waals surface area contributed by atoms with Crippen LogP contribution < -0.4 is 10.6 Å². The van der Waals surface area contributed by atoms with Crippen LogP contribution in [0.5, 0.6) is 0 Å². The number of anilines is 1. The van der Waals surface area contributed by atoms with Gasteiger partial charge in [-0.1, -0.05) is 6.92 Å². The molecule has 6 nitrogen and oxygen atoms in total. The largest absolute Gasteiger partial charge is 0.480 e. The molecular formula is C12H13N3O3S. The van der Waals surface area contributed by atoms with E-state index in [1.165, 1.54) is 11.3 Å². The van der Waals surface area contributed by atoms with Gasteiger partial charge in [-0.05, 0) is 24.6 Å². The van der Waals surface area contributed by atoms with E-state index in [4.69, 9.17) is 5.11 Å². The first-order chi connectivity index (χ1) is 9.10. The monoisotopic (exact) mass is 279 g/mol. The maximum Gasteiger partial charge on any atom is 0.326 e. The molecule has 19 heavy (non-hydrogen) atoms. The van der Waals surface area contributed by atoms with Gasteiger partial charge in [0.1, 0.15) is 6.04 Å². The van der Waals surface area contributed by atoms with Crippen molar-refractivity contribution in [3.8, 4) is 0 Å². The summed E-state index contributed by atoms with van der Waals surface area (Å²) in [5.41, 5.74) is 3.20. The van der Waals surface area contributed by atoms with Gasteiger partial charge >= 0.3 is 12.0 Å². The highest BCUT2D eigenvalue weighted by molar-refractivity contribution is 7.16. The molecular weight excluding hydrogens is 266 g/mol. The van der Waals surface area contributed by atoms with Crippen molar-refractivity contribution in [3.63, 3.8) is 0 Å². The summed E-state index contributed by atoms with van der Waals surface area (Å²) in [4.78, 5) is 26.6. The minimum absolute atomic E-state index is 0.330. The van der Waals surface area contributed by atoms with E-state index in [1.807, 2.05) is 0 Å². The Hall–Kier alpha value is -2.15. The number of carboxylic acid groups (broad SMARTS) is 1. The van der Waals surface area contributed by atoms with Gasteiger partial charge in [-0.15, -0.1) is 11.3 Å². The van der Waals surface area contributed by atoms with Gasteiger partial charge in [0.05, 0.1) is 15.7 Å². The molecule has 0 aliphatic rings. The number of aromatic nitrogens is 1. The molecule has 0 unspecified atom stereocenters. The van der Waals surface area contributed by atoms with E-state index >= 15 is 0 Å². The number of aliphatic carboxylic acids is 1. The van der Waals surface area contributed by atoms with Crippen molar-refractivity contribution >= 4 is 39.2 Å². The van der Waals surface area contributed by atoms with Crippen LogP contribution in [-0.4, -0.2) is 28.1 Å². The number of nitrogens with zero attached hydrogens (tertiary/aromatic N) is 1. The molecule has 1 atom stereocenters. The zero-order chi connectivity index (χ0) is 13.8. The van der Waals surface area contributed by atoms with E-state index in [2.05, 4.69) is 15.6 Å². The van der Waals surface area contributed by atoms with Crippen molar-refractivity contribution in [3.05, 3.63) is 23.7 Å². The first-order valence-electron chi connectivity index (χ1n) is 5.73. The molecule has 7 heteroatoms. The van der Waals surface area contributed by atoms with Gasteiger partial charge in [-0.25, -0.2) is 14.6 Å². The van der Waals surface area contributed by atoms with Gasteiger partial charge in [0.25, 0.3) is 0 Å². The zero-order valence-electron chi connectivity index (χ0n) is 10.2. The Morgan fingerprint density at radius 1 is 1.47 bits per heavy atom. The molecule has 2 aromatic rings. The molecule has 1 heterocycles. The quantitative estimate of drug-likeness (QED) is 0.800. The second kappa shape index (κ2) is 5.66. The third-order valence-corrected chi connectivity index (χ3v) is 3.39. The molecule has 0 saturated carbocycles. The molecule has 3 N–H and O–H groups in total. The van der Waals surface area contributed by atoms with Crippen LogP contribution >= 0.6 is 11.3 Å². The SMILES string of the molecule is CC[C@H](NC(=O)Nc1ccc2ncsc2c1)C(=O)O. The summed E-state index contributed by atoms with van der Waals surface area (Å²) in [5, 5.41) is 13.9. The molecule has 0 radical (unpaired) electrons. The fourth-order valence-electron chi connectivity index (χ4n) is 1.60. The van der Waals surface area contributed by atoms with Crippen molar-refractivity contribution in [2.24, 2.45) is 0 Å². The lowest BCUT2D eigenvalue weighted by Crippen LogP contribution is -2.42. The fourth-order valence-corrected chi connectivity index (χ4v) is 2.31. The Morgan fingerprint density at radius 3 is 2.95 bits per heavy atom. The highest BCUT2D eigenvalue weighted by atomic mass is 32.1. The van der Waals surface area contributed by atoms with E-state index in [1.54, 1.807) is 30.6 Å². The Balaban J connectivity index is 2.03. The van der Waals surface area contributed by atoms with E-state index in [0.717, 1.165) is 10.2 Å². The summed E-state index contributed by atoms with van der Waals surface area (Å²) in [5.74, 6) is -1.05. The lowest BCUT2D eigenvalue weighted by molar-refractivity contribution is -0.139. The molecule has 0 spiro atoms. The average Bonchev–Trinajstić information content (AvgIpc) is 2.82. The van der Waals surface area contributed by atoms with Crippen LogP contribution in [-0.2, 0) is 4.79 Å². The topological polar surface area (TPSA) is 91.3 Å². The van der Waals surface area contributed by atoms with Crippen molar-refractivity contribution < 1.29 is 14.7 Å². The third kappa shape index (κ3) is 3.19. The molecule has 1 aromatic heterocycles. The normalized spacial score (nSPS) is 12.1. The summed E-state index contributed by atoms with van der Waals surface area (Å²) >= 11 is 1.47. The number of carbonyl (C=O) groups is 2. The standard InChI is InChI=1S/C12H13N3O3S/c1-2-8(11(16)17)15-12(18)14-7-3-4-9-10(5-7)19-6-13-9/h3-6,8H,2H2,1H3,(H,16,17)(H2,14,15,18)/t8-/m0/s1. The van der Waals surface area contributed by atoms with Crippen LogP contribution in [0.4, 0.5) is 10.5 Å². The molecule has 2 rings (SSSR count). The van der Waals surface area contributed by atoms with E-state index in [9.17, 15) is 9.59 Å². The van der Waals surface area contributed by atoms with Gasteiger partial charge in [-0.2, -0.15) is 0 Å². The van der Waals surface area contributed by atoms with Crippen LogP contribution in [0.15, 0.2) is 23.7 Å². The van der Waals surface area contributed by atoms with Crippen LogP contribution in [0.2, 0.25) is 0 Å². The minimum atomic E-state index is -1.05. The van der Waals surface area contributed by atoms with Crippen molar-refractivity contribution in [1.82, 2.24) is 10.3 Å². The van der Waals surface area contributed by atoms with Gasteiger partial charge in [0.15, 0.2) is 0 Å². The first-order valence-corrected chi connectivity index (χ1v) is 6.61. The Kier molecular flexibility index (Phi) is 3.96. The maximum atomic E-state index is 11.7. The highest BCUT2D eigenvalue weighted by Gasteiger charge is 2.17. The number of hydrogen-bond acceptors (Lipinski definition) is 4. The first kappa shape index (κ1) is 13.3. The second-order valence-corrected chi connectivity index (χ2v) is 4.82. The average molecular weight is 279 g/mol. The van der Waals surface area contributed by atoms with Crippen molar-refractivity contribution in [2.75, 3.05) is 5.32 Å². The molecule has 0 aliphatic heterocycles. The summed E-state index contributed by atoms with van der Waals surface area (Å²) < 4.78 is 0.961. The van der Waals surface area contributed by atoms with Gasteiger partial charge in [0.2, 0.25) is 0 Å². The molecule has 2 amide bonds. The van der Waals surface area contributed by atoms with Crippen LogP contribution in [0.1, 0.15) is 13.3 Å². The highest BCUT2D eigenvalue weighted by Crippen LogP contribution is 2.21. The van der Waals surface area contributed by atoms with E-state index < -0.39 is 18.0 Å². The molecule has 100 valence electrons. The lowest BCUT2D eigenvalue weighted by Gasteiger charge is -2.13. The molecule has 0 fully saturated rings. The number of carbonyl (C=O) groups excluding carboxylic acids is 1. The van der Waals surface area contributed by atoms with Gasteiger partial charge in [0, 0.05) is 5.69 Å². The smallest absolute Gasteiger partial charge is 0.326 e. The van der Waals surface area contributed by atoms with E-state index in [-0.39, 0.29) is 0 Å². The number of amides is 2. The zero-order valence-corrected chi connectivity index (χ0v) is 11.0. The number of fused-ring (bicyclic) bond motifs is 1. The van der Waals surface area contributed by atoms with Crippen molar-refractivity contribution in [1.29, 1.82) is 0 Å². The Morgan fingerprint density at radius 2 is 2.26 bits per heavy atom. The maximum absolute atomic E-state index is 11.7. The summed E-state index contributed by atoms with van der Waals surface area (Å²) in [6, 6.07) is 3.92. The molecule has 0 bridgehead atoms. The lowest BCUT2D eigenvalue weighted by atomic mass is 10.2. The minimum Gasteiger partial charge on any atom is -0.480 e. The van der Waals surface area contributed by atoms with Crippen LogP contribution in [0.25, 0.3) is 10.2 Å². The summed E-state index contributed by atoms with van der Waals surface area (Å²) in [6.45, 7) is 1.70. The number of nitrogens with one attached hydrogen (secondary N) is 2. The molecule has 0 aliphatic carbocycles. The predicted molar refractivity (Wildman–Crippen MR) is 73.5 cm³/mol. The third-order valence-electron chi connectivity index (χ3n) is 2.60. The Bertz CT molecular complexity index is 611. The number of hydrogen-bond donors (Lipinski definition) is 3. The summed E-state index contributed by atoms with van der Waals surface area (Å²) in [6.07, 6.45) is 0.330.